The first kappa shape index (κ1) is 21.2. The lowest BCUT2D eigenvalue weighted by Crippen LogP contribution is -2.18. The van der Waals surface area contributed by atoms with Crippen LogP contribution in [0.2, 0.25) is 10.2 Å². The third-order valence-corrected chi connectivity index (χ3v) is 6.55. The number of anilines is 1. The fourth-order valence-corrected chi connectivity index (χ4v) is 4.85. The lowest BCUT2D eigenvalue weighted by atomic mass is 9.84. The maximum absolute atomic E-state index is 6.72. The van der Waals surface area contributed by atoms with Crippen molar-refractivity contribution in [3.05, 3.63) is 51.2 Å². The molecule has 1 aliphatic rings. The molecule has 0 spiro atoms. The van der Waals surface area contributed by atoms with Gasteiger partial charge in [0.1, 0.15) is 17.1 Å². The second-order valence-corrected chi connectivity index (χ2v) is 8.41. The summed E-state index contributed by atoms with van der Waals surface area (Å²) in [5.74, 6) is 2.25. The highest BCUT2D eigenvalue weighted by Crippen LogP contribution is 2.45. The Morgan fingerprint density at radius 1 is 1.33 bits per heavy atom. The lowest BCUT2D eigenvalue weighted by Gasteiger charge is -2.29. The van der Waals surface area contributed by atoms with Gasteiger partial charge in [0.15, 0.2) is 11.0 Å². The number of ether oxygens (including phenoxy) is 2. The molecule has 4 rings (SSSR count). The minimum Gasteiger partial charge on any atom is -0.493 e. The zero-order valence-corrected chi connectivity index (χ0v) is 18.9. The maximum atomic E-state index is 6.72. The van der Waals surface area contributed by atoms with Crippen molar-refractivity contribution < 1.29 is 9.47 Å². The highest BCUT2D eigenvalue weighted by Gasteiger charge is 2.29. The van der Waals surface area contributed by atoms with Gasteiger partial charge in [-0.15, -0.1) is 0 Å². The Morgan fingerprint density at radius 2 is 2.07 bits per heavy atom. The lowest BCUT2D eigenvalue weighted by molar-refractivity contribution is 0.0845. The van der Waals surface area contributed by atoms with Crippen molar-refractivity contribution in [2.24, 2.45) is 0 Å². The fourth-order valence-electron chi connectivity index (χ4n) is 4.36. The predicted molar refractivity (Wildman–Crippen MR) is 120 cm³/mol. The third kappa shape index (κ3) is 3.61. The first-order chi connectivity index (χ1) is 14.4. The number of nitrogen functional groups attached to an aromatic ring is 1. The molecule has 0 radical (unpaired) electrons. The predicted octanol–water partition coefficient (Wildman–Crippen LogP) is 5.37. The summed E-state index contributed by atoms with van der Waals surface area (Å²) in [4.78, 5) is 8.75. The van der Waals surface area contributed by atoms with Gasteiger partial charge >= 0.3 is 0 Å². The summed E-state index contributed by atoms with van der Waals surface area (Å²) >= 11 is 13.1. The van der Waals surface area contributed by atoms with Gasteiger partial charge in [0.2, 0.25) is 0 Å². The molecule has 8 heteroatoms. The van der Waals surface area contributed by atoms with Crippen LogP contribution in [0.1, 0.15) is 61.0 Å². The Balaban J connectivity index is 1.90. The molecule has 0 amide bonds. The van der Waals surface area contributed by atoms with E-state index >= 15 is 0 Å². The molecule has 2 aromatic heterocycles. The molecule has 0 bridgehead atoms. The van der Waals surface area contributed by atoms with E-state index in [1.807, 2.05) is 23.6 Å². The van der Waals surface area contributed by atoms with Crippen LogP contribution >= 0.6 is 23.2 Å². The Morgan fingerprint density at radius 3 is 2.77 bits per heavy atom. The van der Waals surface area contributed by atoms with Crippen molar-refractivity contribution in [3.8, 4) is 5.75 Å². The number of nitrogens with two attached hydrogens (primary N) is 1. The van der Waals surface area contributed by atoms with Crippen LogP contribution < -0.4 is 10.5 Å². The van der Waals surface area contributed by atoms with Gasteiger partial charge in [-0.3, -0.25) is 4.40 Å². The summed E-state index contributed by atoms with van der Waals surface area (Å²) in [7, 11) is 0. The average Bonchev–Trinajstić information content (AvgIpc) is 3.09. The van der Waals surface area contributed by atoms with Gasteiger partial charge in [-0.05, 0) is 44.2 Å². The Bertz CT molecular complexity index is 1080. The Hall–Kier alpha value is -2.02. The molecule has 6 nitrogen and oxygen atoms in total. The number of aromatic nitrogens is 3. The van der Waals surface area contributed by atoms with E-state index in [2.05, 4.69) is 23.8 Å². The molecule has 0 saturated carbocycles. The SMILES string of the molecule is CCOc1c([C@@H](C)c2nc(Cl)c3c(N)nccn23)cc(Cl)c(C)c1C1CCOCC1. The van der Waals surface area contributed by atoms with Crippen molar-refractivity contribution in [1.82, 2.24) is 14.4 Å². The topological polar surface area (TPSA) is 74.7 Å². The molecule has 1 aromatic carbocycles. The first-order valence-electron chi connectivity index (χ1n) is 10.2. The van der Waals surface area contributed by atoms with Crippen LogP contribution in [-0.4, -0.2) is 34.2 Å². The maximum Gasteiger partial charge on any atom is 0.158 e. The van der Waals surface area contributed by atoms with Crippen LogP contribution in [0, 0.1) is 6.92 Å². The van der Waals surface area contributed by atoms with E-state index in [0.29, 0.717) is 29.0 Å². The molecule has 3 aromatic rings. The van der Waals surface area contributed by atoms with Crippen LogP contribution in [0.5, 0.6) is 5.75 Å². The Kier molecular flexibility index (Phi) is 6.09. The van der Waals surface area contributed by atoms with Gasteiger partial charge in [0.05, 0.1) is 6.61 Å². The molecule has 1 saturated heterocycles. The van der Waals surface area contributed by atoms with E-state index in [-0.39, 0.29) is 5.92 Å². The molecular formula is C22H26Cl2N4O2. The van der Waals surface area contributed by atoms with Gasteiger partial charge in [-0.1, -0.05) is 30.1 Å². The van der Waals surface area contributed by atoms with Gasteiger partial charge in [-0.25, -0.2) is 9.97 Å². The van der Waals surface area contributed by atoms with E-state index < -0.39 is 0 Å². The normalized spacial score (nSPS) is 16.2. The van der Waals surface area contributed by atoms with Crippen molar-refractivity contribution in [2.75, 3.05) is 25.6 Å². The summed E-state index contributed by atoms with van der Waals surface area (Å²) < 4.78 is 13.7. The molecule has 1 aliphatic heterocycles. The molecule has 2 N–H and O–H groups in total. The minimum absolute atomic E-state index is 0.120. The monoisotopic (exact) mass is 448 g/mol. The molecule has 1 atom stereocenters. The van der Waals surface area contributed by atoms with Gasteiger partial charge in [-0.2, -0.15) is 0 Å². The second-order valence-electron chi connectivity index (χ2n) is 7.65. The fraction of sp³-hybridized carbons (Fsp3) is 0.455. The second kappa shape index (κ2) is 8.61. The number of rotatable bonds is 5. The number of imidazole rings is 1. The summed E-state index contributed by atoms with van der Waals surface area (Å²) in [6.45, 7) is 8.22. The molecule has 0 aliphatic carbocycles. The zero-order chi connectivity index (χ0) is 21.4. The van der Waals surface area contributed by atoms with Crippen molar-refractivity contribution in [2.45, 2.75) is 45.4 Å². The van der Waals surface area contributed by atoms with Crippen molar-refractivity contribution in [1.29, 1.82) is 0 Å². The molecule has 1 fully saturated rings. The number of fused-ring (bicyclic) bond motifs is 1. The molecule has 160 valence electrons. The Labute approximate surface area is 186 Å². The summed E-state index contributed by atoms with van der Waals surface area (Å²) in [5.41, 5.74) is 9.90. The highest BCUT2D eigenvalue weighted by molar-refractivity contribution is 6.33. The third-order valence-electron chi connectivity index (χ3n) is 5.89. The van der Waals surface area contributed by atoms with E-state index in [1.165, 1.54) is 5.56 Å². The molecule has 0 unspecified atom stereocenters. The minimum atomic E-state index is -0.120. The van der Waals surface area contributed by atoms with Crippen LogP contribution in [-0.2, 0) is 4.74 Å². The van der Waals surface area contributed by atoms with Crippen LogP contribution in [0.25, 0.3) is 5.52 Å². The number of nitrogens with zero attached hydrogens (tertiary/aromatic N) is 3. The van der Waals surface area contributed by atoms with Crippen molar-refractivity contribution in [3.63, 3.8) is 0 Å². The standard InChI is InChI=1S/C22H26Cl2N4O2/c1-4-30-19-15(11-16(23)13(3)17(19)14-5-9-29-10-6-14)12(2)22-27-20(24)18-21(25)26-7-8-28(18)22/h7-8,11-12,14H,4-6,9-10H2,1-3H3,(H2,25,26)/t12-/m1/s1. The zero-order valence-electron chi connectivity index (χ0n) is 17.4. The first-order valence-corrected chi connectivity index (χ1v) is 11.0. The summed E-state index contributed by atoms with van der Waals surface area (Å²) in [6, 6.07) is 1.99. The van der Waals surface area contributed by atoms with E-state index in [9.17, 15) is 0 Å². The number of benzene rings is 1. The molecule has 3 heterocycles. The van der Waals surface area contributed by atoms with Gasteiger partial charge < -0.3 is 15.2 Å². The smallest absolute Gasteiger partial charge is 0.158 e. The van der Waals surface area contributed by atoms with E-state index in [4.69, 9.17) is 38.4 Å². The number of halogens is 2. The average molecular weight is 449 g/mol. The van der Waals surface area contributed by atoms with Crippen molar-refractivity contribution >= 4 is 34.5 Å². The number of hydrogen-bond donors (Lipinski definition) is 1. The quantitative estimate of drug-likeness (QED) is 0.567. The van der Waals surface area contributed by atoms with Crippen LogP contribution in [0.4, 0.5) is 5.82 Å². The largest absolute Gasteiger partial charge is 0.493 e. The summed E-state index contributed by atoms with van der Waals surface area (Å²) in [6.07, 6.45) is 5.38. The van der Waals surface area contributed by atoms with E-state index in [1.54, 1.807) is 6.20 Å². The van der Waals surface area contributed by atoms with Crippen LogP contribution in [0.15, 0.2) is 18.5 Å². The summed E-state index contributed by atoms with van der Waals surface area (Å²) in [5, 5.41) is 1.07. The van der Waals surface area contributed by atoms with E-state index in [0.717, 1.165) is 53.8 Å². The molecule has 30 heavy (non-hydrogen) atoms. The molecular weight excluding hydrogens is 423 g/mol. The van der Waals surface area contributed by atoms with Gasteiger partial charge in [0.25, 0.3) is 0 Å². The van der Waals surface area contributed by atoms with Crippen LogP contribution in [0.3, 0.4) is 0 Å². The van der Waals surface area contributed by atoms with Gasteiger partial charge in [0, 0.05) is 47.7 Å². The number of hydrogen-bond acceptors (Lipinski definition) is 5. The highest BCUT2D eigenvalue weighted by atomic mass is 35.5.